The lowest BCUT2D eigenvalue weighted by Crippen LogP contribution is -2.48. The number of carbonyl (C=O) groups excluding carboxylic acids is 1. The van der Waals surface area contributed by atoms with Crippen LogP contribution in [0.2, 0.25) is 0 Å². The van der Waals surface area contributed by atoms with E-state index in [9.17, 15) is 4.79 Å². The Hall–Kier alpha value is -2.62. The summed E-state index contributed by atoms with van der Waals surface area (Å²) in [5.74, 6) is 1.27. The van der Waals surface area contributed by atoms with Gasteiger partial charge in [-0.05, 0) is 24.6 Å². The number of benzene rings is 2. The molecular weight excluding hydrogens is 442 g/mol. The Bertz CT molecular complexity index is 1050. The molecule has 9 heteroatoms. The number of ether oxygens (including phenoxy) is 1. The lowest BCUT2D eigenvalue weighted by molar-refractivity contribution is -0.130. The first-order chi connectivity index (χ1) is 15.6. The zero-order chi connectivity index (χ0) is 22.3. The first kappa shape index (κ1) is 22.6. The Balaban J connectivity index is 1.22. The fourth-order valence-electron chi connectivity index (χ4n) is 3.62. The summed E-state index contributed by atoms with van der Waals surface area (Å²) in [5.41, 5.74) is 3.45. The van der Waals surface area contributed by atoms with Gasteiger partial charge in [-0.15, -0.1) is 10.2 Å². The zero-order valence-electron chi connectivity index (χ0n) is 18.3. The van der Waals surface area contributed by atoms with E-state index in [4.69, 9.17) is 4.74 Å². The molecule has 1 aliphatic heterocycles. The number of rotatable bonds is 8. The van der Waals surface area contributed by atoms with Crippen molar-refractivity contribution >= 4 is 39.8 Å². The summed E-state index contributed by atoms with van der Waals surface area (Å²) in [7, 11) is 1.63. The predicted octanol–water partition coefficient (Wildman–Crippen LogP) is 4.04. The van der Waals surface area contributed by atoms with Gasteiger partial charge < -0.3 is 15.0 Å². The van der Waals surface area contributed by atoms with Crippen LogP contribution in [-0.4, -0.2) is 64.9 Å². The maximum atomic E-state index is 12.7. The number of piperazine rings is 1. The number of hydrogen-bond acceptors (Lipinski definition) is 8. The van der Waals surface area contributed by atoms with Crippen molar-refractivity contribution in [3.05, 3.63) is 59.7 Å². The van der Waals surface area contributed by atoms with Gasteiger partial charge in [0.2, 0.25) is 11.0 Å². The van der Waals surface area contributed by atoms with Gasteiger partial charge in [0.15, 0.2) is 4.34 Å². The van der Waals surface area contributed by atoms with Crippen molar-refractivity contribution in [2.24, 2.45) is 0 Å². The van der Waals surface area contributed by atoms with E-state index in [1.807, 2.05) is 29.2 Å². The second-order valence-corrected chi connectivity index (χ2v) is 9.83. The Kier molecular flexibility index (Phi) is 7.62. The van der Waals surface area contributed by atoms with Gasteiger partial charge >= 0.3 is 0 Å². The molecule has 0 radical (unpaired) electrons. The fourth-order valence-corrected chi connectivity index (χ4v) is 5.29. The molecule has 2 heterocycles. The minimum absolute atomic E-state index is 0.152. The van der Waals surface area contributed by atoms with Gasteiger partial charge in [-0.1, -0.05) is 65.1 Å². The third kappa shape index (κ3) is 5.99. The van der Waals surface area contributed by atoms with Crippen molar-refractivity contribution < 1.29 is 9.53 Å². The number of anilines is 2. The number of aryl methyl sites for hydroxylation is 1. The number of para-hydroxylation sites is 2. The quantitative estimate of drug-likeness (QED) is 0.499. The van der Waals surface area contributed by atoms with E-state index in [0.717, 1.165) is 48.5 Å². The molecule has 1 amide bonds. The summed E-state index contributed by atoms with van der Waals surface area (Å²) in [6, 6.07) is 16.3. The maximum Gasteiger partial charge on any atom is 0.233 e. The van der Waals surface area contributed by atoms with E-state index in [1.165, 1.54) is 34.2 Å². The van der Waals surface area contributed by atoms with Crippen LogP contribution in [0.3, 0.4) is 0 Å². The van der Waals surface area contributed by atoms with Gasteiger partial charge in [-0.25, -0.2) is 0 Å². The van der Waals surface area contributed by atoms with E-state index in [1.54, 1.807) is 7.11 Å². The maximum absolute atomic E-state index is 12.7. The third-order valence-electron chi connectivity index (χ3n) is 5.29. The first-order valence-electron chi connectivity index (χ1n) is 10.5. The number of thioether (sulfide) groups is 1. The van der Waals surface area contributed by atoms with Gasteiger partial charge in [0.1, 0.15) is 5.75 Å². The normalized spacial score (nSPS) is 14.4. The van der Waals surface area contributed by atoms with Crippen LogP contribution in [0.25, 0.3) is 0 Å². The first-order valence-corrected chi connectivity index (χ1v) is 12.3. The molecule has 32 heavy (non-hydrogen) atoms. The molecule has 7 nitrogen and oxygen atoms in total. The number of aromatic nitrogens is 2. The van der Waals surface area contributed by atoms with E-state index in [0.29, 0.717) is 10.9 Å². The molecule has 0 atom stereocenters. The van der Waals surface area contributed by atoms with E-state index in [2.05, 4.69) is 51.6 Å². The van der Waals surface area contributed by atoms with Gasteiger partial charge in [0, 0.05) is 32.7 Å². The van der Waals surface area contributed by atoms with Crippen LogP contribution >= 0.6 is 23.1 Å². The lowest BCUT2D eigenvalue weighted by atomic mass is 10.1. The molecule has 0 spiro atoms. The second-order valence-electron chi connectivity index (χ2n) is 7.63. The minimum Gasteiger partial charge on any atom is -0.495 e. The van der Waals surface area contributed by atoms with Crippen molar-refractivity contribution in [2.75, 3.05) is 44.4 Å². The van der Waals surface area contributed by atoms with Crippen LogP contribution in [0, 0.1) is 6.92 Å². The average Bonchev–Trinajstić information content (AvgIpc) is 3.26. The smallest absolute Gasteiger partial charge is 0.233 e. The van der Waals surface area contributed by atoms with E-state index >= 15 is 0 Å². The van der Waals surface area contributed by atoms with Crippen molar-refractivity contribution in [1.82, 2.24) is 20.0 Å². The Morgan fingerprint density at radius 2 is 1.94 bits per heavy atom. The van der Waals surface area contributed by atoms with Crippen LogP contribution < -0.4 is 10.1 Å². The lowest BCUT2D eigenvalue weighted by Gasteiger charge is -2.34. The molecule has 3 aromatic rings. The zero-order valence-corrected chi connectivity index (χ0v) is 19.9. The van der Waals surface area contributed by atoms with Gasteiger partial charge in [-0.3, -0.25) is 9.69 Å². The molecule has 1 fully saturated rings. The molecule has 168 valence electrons. The summed E-state index contributed by atoms with van der Waals surface area (Å²) in [6.07, 6.45) is 0. The highest BCUT2D eigenvalue weighted by molar-refractivity contribution is 8.01. The molecule has 1 aromatic heterocycles. The van der Waals surface area contributed by atoms with Crippen LogP contribution in [0.15, 0.2) is 52.9 Å². The topological polar surface area (TPSA) is 70.6 Å². The standard InChI is InChI=1S/C23H27N5O2S2/c1-17-6-5-7-18(14-17)15-27-10-12-28(13-11-27)21(29)16-31-23-26-25-22(32-23)24-19-8-3-4-9-20(19)30-2/h3-9,14H,10-13,15-16H2,1-2H3,(H,24,25). The molecule has 2 aromatic carbocycles. The number of methoxy groups -OCH3 is 1. The largest absolute Gasteiger partial charge is 0.495 e. The number of carbonyl (C=O) groups is 1. The highest BCUT2D eigenvalue weighted by Gasteiger charge is 2.21. The molecule has 1 saturated heterocycles. The average molecular weight is 470 g/mol. The summed E-state index contributed by atoms with van der Waals surface area (Å²) < 4.78 is 6.12. The molecule has 0 aliphatic carbocycles. The number of nitrogens with zero attached hydrogens (tertiary/aromatic N) is 4. The van der Waals surface area contributed by atoms with Crippen molar-refractivity contribution in [3.63, 3.8) is 0 Å². The van der Waals surface area contributed by atoms with Crippen LogP contribution in [0.4, 0.5) is 10.8 Å². The fraction of sp³-hybridized carbons (Fsp3) is 0.348. The highest BCUT2D eigenvalue weighted by atomic mass is 32.2. The molecule has 1 aliphatic rings. The highest BCUT2D eigenvalue weighted by Crippen LogP contribution is 2.31. The van der Waals surface area contributed by atoms with Gasteiger partial charge in [-0.2, -0.15) is 0 Å². The Labute approximate surface area is 196 Å². The molecule has 4 rings (SSSR count). The summed E-state index contributed by atoms with van der Waals surface area (Å²) in [4.78, 5) is 17.0. The minimum atomic E-state index is 0.152. The molecule has 0 bridgehead atoms. The third-order valence-corrected chi connectivity index (χ3v) is 7.24. The summed E-state index contributed by atoms with van der Waals surface area (Å²) >= 11 is 2.87. The van der Waals surface area contributed by atoms with Crippen LogP contribution in [0.5, 0.6) is 5.75 Å². The van der Waals surface area contributed by atoms with Crippen molar-refractivity contribution in [3.8, 4) is 5.75 Å². The van der Waals surface area contributed by atoms with Gasteiger partial charge in [0.05, 0.1) is 18.6 Å². The predicted molar refractivity (Wildman–Crippen MR) is 130 cm³/mol. The van der Waals surface area contributed by atoms with Crippen molar-refractivity contribution in [1.29, 1.82) is 0 Å². The second kappa shape index (κ2) is 10.8. The van der Waals surface area contributed by atoms with Crippen molar-refractivity contribution in [2.45, 2.75) is 17.8 Å². The molecule has 0 saturated carbocycles. The SMILES string of the molecule is COc1ccccc1Nc1nnc(SCC(=O)N2CCN(Cc3cccc(C)c3)CC2)s1. The van der Waals surface area contributed by atoms with Crippen LogP contribution in [0.1, 0.15) is 11.1 Å². The molecule has 1 N–H and O–H groups in total. The number of hydrogen-bond donors (Lipinski definition) is 1. The summed E-state index contributed by atoms with van der Waals surface area (Å²) in [6.45, 7) is 6.38. The van der Waals surface area contributed by atoms with E-state index < -0.39 is 0 Å². The van der Waals surface area contributed by atoms with Gasteiger partial charge in [0.25, 0.3) is 0 Å². The summed E-state index contributed by atoms with van der Waals surface area (Å²) in [5, 5.41) is 12.3. The number of amides is 1. The monoisotopic (exact) mass is 469 g/mol. The number of nitrogens with one attached hydrogen (secondary N) is 1. The Morgan fingerprint density at radius 3 is 2.72 bits per heavy atom. The Morgan fingerprint density at radius 1 is 1.12 bits per heavy atom. The molecular formula is C23H27N5O2S2. The molecule has 0 unspecified atom stereocenters. The van der Waals surface area contributed by atoms with Crippen LogP contribution in [-0.2, 0) is 11.3 Å². The van der Waals surface area contributed by atoms with E-state index in [-0.39, 0.29) is 5.91 Å².